The second-order valence-corrected chi connectivity index (χ2v) is 21.3. The van der Waals surface area contributed by atoms with Crippen molar-refractivity contribution in [3.63, 3.8) is 0 Å². The largest absolute Gasteiger partial charge is 0.462 e. The van der Waals surface area contributed by atoms with Crippen molar-refractivity contribution in [1.82, 2.24) is 0 Å². The third kappa shape index (κ3) is 58.3. The van der Waals surface area contributed by atoms with Gasteiger partial charge < -0.3 is 14.2 Å². The highest BCUT2D eigenvalue weighted by molar-refractivity contribution is 5.71. The van der Waals surface area contributed by atoms with E-state index in [1.165, 1.54) is 212 Å². The number of hydrogen-bond acceptors (Lipinski definition) is 6. The van der Waals surface area contributed by atoms with E-state index in [0.29, 0.717) is 19.3 Å². The van der Waals surface area contributed by atoms with Gasteiger partial charge in [0, 0.05) is 19.3 Å². The number of allylic oxidation sites excluding steroid dienone is 8. The highest BCUT2D eigenvalue weighted by Crippen LogP contribution is 2.18. The predicted molar refractivity (Wildman–Crippen MR) is 312 cm³/mol. The molecule has 0 radical (unpaired) electrons. The van der Waals surface area contributed by atoms with E-state index < -0.39 is 6.10 Å². The normalized spacial score (nSPS) is 12.3. The fourth-order valence-corrected chi connectivity index (χ4v) is 9.38. The van der Waals surface area contributed by atoms with Crippen LogP contribution in [0.25, 0.3) is 0 Å². The molecule has 0 saturated carbocycles. The van der Waals surface area contributed by atoms with Crippen LogP contribution < -0.4 is 0 Å². The average molecular weight is 1010 g/mol. The van der Waals surface area contributed by atoms with Crippen LogP contribution in [0, 0.1) is 0 Å². The number of unbranched alkanes of at least 4 members (excludes halogenated alkanes) is 39. The molecule has 0 bridgehead atoms. The van der Waals surface area contributed by atoms with Gasteiger partial charge in [-0.15, -0.1) is 0 Å². The van der Waals surface area contributed by atoms with Gasteiger partial charge in [-0.05, 0) is 57.8 Å². The highest BCUT2D eigenvalue weighted by Gasteiger charge is 2.19. The molecule has 0 saturated heterocycles. The Balaban J connectivity index is 4.03. The molecule has 420 valence electrons. The topological polar surface area (TPSA) is 78.9 Å². The minimum atomic E-state index is -0.790. The summed E-state index contributed by atoms with van der Waals surface area (Å²) in [7, 11) is 0. The summed E-state index contributed by atoms with van der Waals surface area (Å²) in [6, 6.07) is 0. The van der Waals surface area contributed by atoms with Crippen molar-refractivity contribution in [3.8, 4) is 0 Å². The minimum Gasteiger partial charge on any atom is -0.462 e. The molecule has 6 heteroatoms. The minimum absolute atomic E-state index is 0.0861. The van der Waals surface area contributed by atoms with Gasteiger partial charge in [0.25, 0.3) is 0 Å². The average Bonchev–Trinajstić information content (AvgIpc) is 3.38. The van der Waals surface area contributed by atoms with Crippen molar-refractivity contribution in [2.75, 3.05) is 13.2 Å². The number of rotatable bonds is 58. The maximum atomic E-state index is 12.8. The lowest BCUT2D eigenvalue weighted by atomic mass is 10.0. The Bertz CT molecular complexity index is 1250. The molecule has 0 fully saturated rings. The van der Waals surface area contributed by atoms with Crippen LogP contribution in [0.3, 0.4) is 0 Å². The first kappa shape index (κ1) is 69.4. The Morgan fingerprint density at radius 3 is 0.847 bits per heavy atom. The summed E-state index contributed by atoms with van der Waals surface area (Å²) in [6.07, 6.45) is 76.0. The first-order valence-corrected chi connectivity index (χ1v) is 31.6. The molecule has 1 atom stereocenters. The molecular weight excluding hydrogens is 889 g/mol. The van der Waals surface area contributed by atoms with Gasteiger partial charge in [-0.3, -0.25) is 14.4 Å². The van der Waals surface area contributed by atoms with E-state index in [0.717, 1.165) is 77.0 Å². The van der Waals surface area contributed by atoms with Crippen LogP contribution in [0.4, 0.5) is 0 Å². The molecule has 0 aliphatic rings. The Hall–Kier alpha value is -2.63. The number of hydrogen-bond donors (Lipinski definition) is 0. The summed E-state index contributed by atoms with van der Waals surface area (Å²) in [5.74, 6) is -0.918. The van der Waals surface area contributed by atoms with Crippen molar-refractivity contribution in [2.24, 2.45) is 0 Å². The molecule has 0 spiro atoms. The van der Waals surface area contributed by atoms with Crippen LogP contribution in [0.1, 0.15) is 335 Å². The van der Waals surface area contributed by atoms with Gasteiger partial charge in [-0.25, -0.2) is 0 Å². The molecule has 0 heterocycles. The molecule has 6 nitrogen and oxygen atoms in total. The van der Waals surface area contributed by atoms with E-state index in [1.807, 2.05) is 0 Å². The number of ether oxygens (including phenoxy) is 3. The zero-order valence-electron chi connectivity index (χ0n) is 48.2. The fraction of sp³-hybridized carbons (Fsp3) is 0.833. The van der Waals surface area contributed by atoms with Gasteiger partial charge in [-0.2, -0.15) is 0 Å². The van der Waals surface area contributed by atoms with Gasteiger partial charge in [-0.1, -0.05) is 307 Å². The molecular formula is C66H120O6. The molecule has 0 N–H and O–H groups in total. The maximum Gasteiger partial charge on any atom is 0.306 e. The van der Waals surface area contributed by atoms with Crippen molar-refractivity contribution < 1.29 is 28.6 Å². The fourth-order valence-electron chi connectivity index (χ4n) is 9.38. The van der Waals surface area contributed by atoms with Crippen LogP contribution in [0.2, 0.25) is 0 Å². The highest BCUT2D eigenvalue weighted by atomic mass is 16.6. The van der Waals surface area contributed by atoms with E-state index in [9.17, 15) is 14.4 Å². The van der Waals surface area contributed by atoms with E-state index in [1.54, 1.807) is 0 Å². The Morgan fingerprint density at radius 2 is 0.542 bits per heavy atom. The molecule has 0 aromatic carbocycles. The first-order chi connectivity index (χ1) is 35.5. The van der Waals surface area contributed by atoms with Gasteiger partial charge in [0.05, 0.1) is 0 Å². The Morgan fingerprint density at radius 1 is 0.292 bits per heavy atom. The van der Waals surface area contributed by atoms with Crippen molar-refractivity contribution in [3.05, 3.63) is 48.6 Å². The molecule has 0 aliphatic carbocycles. The summed E-state index contributed by atoms with van der Waals surface area (Å²) in [4.78, 5) is 38.0. The number of esters is 3. The van der Waals surface area contributed by atoms with Crippen LogP contribution in [-0.4, -0.2) is 37.2 Å². The summed E-state index contributed by atoms with van der Waals surface area (Å²) in [6.45, 7) is 6.50. The second-order valence-electron chi connectivity index (χ2n) is 21.3. The van der Waals surface area contributed by atoms with Gasteiger partial charge in [0.2, 0.25) is 0 Å². The maximum absolute atomic E-state index is 12.8. The Kier molecular flexibility index (Phi) is 58.7. The van der Waals surface area contributed by atoms with Gasteiger partial charge in [0.15, 0.2) is 6.10 Å². The van der Waals surface area contributed by atoms with Crippen molar-refractivity contribution in [2.45, 2.75) is 341 Å². The second kappa shape index (κ2) is 60.9. The number of carbonyl (C=O) groups excluding carboxylic acids is 3. The van der Waals surface area contributed by atoms with E-state index in [4.69, 9.17) is 14.2 Å². The summed E-state index contributed by atoms with van der Waals surface area (Å²) < 4.78 is 16.8. The molecule has 72 heavy (non-hydrogen) atoms. The van der Waals surface area contributed by atoms with Crippen LogP contribution >= 0.6 is 0 Å². The van der Waals surface area contributed by atoms with E-state index in [-0.39, 0.29) is 37.5 Å². The molecule has 1 unspecified atom stereocenters. The molecule has 0 amide bonds. The summed E-state index contributed by atoms with van der Waals surface area (Å²) in [5, 5.41) is 0. The van der Waals surface area contributed by atoms with Gasteiger partial charge >= 0.3 is 17.9 Å². The lowest BCUT2D eigenvalue weighted by molar-refractivity contribution is -0.167. The standard InChI is InChI=1S/C66H120O6/c1-4-7-10-13-16-19-21-23-25-26-27-28-29-30-31-32-33-34-35-36-37-38-39-40-42-43-45-47-50-53-56-59-65(68)71-62-63(61-70-64(67)58-55-52-49-18-15-12-9-6-3)72-66(69)60-57-54-51-48-46-44-41-24-22-20-17-14-11-8-5-2/h8,11,17,20,24,41,46,48,63H,4-7,9-10,12-16,18-19,21-23,25-40,42-45,47,49-62H2,1-3H3/b11-8-,20-17-,41-24-,48-46-. The molecule has 0 aliphatic heterocycles. The van der Waals surface area contributed by atoms with E-state index >= 15 is 0 Å². The van der Waals surface area contributed by atoms with Gasteiger partial charge in [0.1, 0.15) is 13.2 Å². The zero-order valence-corrected chi connectivity index (χ0v) is 48.2. The third-order valence-corrected chi connectivity index (χ3v) is 14.1. The smallest absolute Gasteiger partial charge is 0.306 e. The lowest BCUT2D eigenvalue weighted by Gasteiger charge is -2.18. The summed E-state index contributed by atoms with van der Waals surface area (Å²) in [5.41, 5.74) is 0. The molecule has 0 aromatic rings. The van der Waals surface area contributed by atoms with Crippen molar-refractivity contribution in [1.29, 1.82) is 0 Å². The molecule has 0 rings (SSSR count). The SMILES string of the molecule is CC/C=C\C/C=C\C/C=C\C/C=C\CCCCC(=O)OC(COC(=O)CCCCCCCCCC)COC(=O)CCCCCCCCCCCCCCCCCCCCCCCCCCCCCCCCC. The van der Waals surface area contributed by atoms with Crippen LogP contribution in [0.15, 0.2) is 48.6 Å². The van der Waals surface area contributed by atoms with E-state index in [2.05, 4.69) is 69.4 Å². The third-order valence-electron chi connectivity index (χ3n) is 14.1. The molecule has 0 aromatic heterocycles. The Labute approximate surface area is 448 Å². The first-order valence-electron chi connectivity index (χ1n) is 31.6. The predicted octanol–water partition coefficient (Wildman–Crippen LogP) is 21.4. The quantitative estimate of drug-likeness (QED) is 0.0261. The summed E-state index contributed by atoms with van der Waals surface area (Å²) >= 11 is 0. The van der Waals surface area contributed by atoms with Crippen molar-refractivity contribution >= 4 is 17.9 Å². The van der Waals surface area contributed by atoms with Crippen LogP contribution in [-0.2, 0) is 28.6 Å². The lowest BCUT2D eigenvalue weighted by Crippen LogP contribution is -2.30. The zero-order chi connectivity index (χ0) is 52.2. The monoisotopic (exact) mass is 1010 g/mol. The van der Waals surface area contributed by atoms with Crippen LogP contribution in [0.5, 0.6) is 0 Å². The number of carbonyl (C=O) groups is 3.